The van der Waals surface area contributed by atoms with Crippen LogP contribution in [0, 0.1) is 5.92 Å². The lowest BCUT2D eigenvalue weighted by molar-refractivity contribution is -0.166. The Labute approximate surface area is 172 Å². The van der Waals surface area contributed by atoms with Gasteiger partial charge in [-0.2, -0.15) is 4.31 Å². The Morgan fingerprint density at radius 1 is 1.34 bits per heavy atom. The van der Waals surface area contributed by atoms with E-state index in [9.17, 15) is 18.0 Å². The molecule has 0 unspecified atom stereocenters. The van der Waals surface area contributed by atoms with Crippen LogP contribution in [0.4, 0.5) is 0 Å². The fourth-order valence-electron chi connectivity index (χ4n) is 3.92. The summed E-state index contributed by atoms with van der Waals surface area (Å²) in [5.41, 5.74) is -0.517. The summed E-state index contributed by atoms with van der Waals surface area (Å²) in [6, 6.07) is 9.57. The summed E-state index contributed by atoms with van der Waals surface area (Å²) in [6.07, 6.45) is 0. The van der Waals surface area contributed by atoms with Crippen molar-refractivity contribution >= 4 is 21.8 Å². The van der Waals surface area contributed by atoms with E-state index in [1.807, 2.05) is 37.3 Å². The number of morpholine rings is 1. The number of sulfonamides is 1. The molecule has 29 heavy (non-hydrogen) atoms. The van der Waals surface area contributed by atoms with Gasteiger partial charge in [-0.15, -0.1) is 0 Å². The first kappa shape index (κ1) is 21.7. The van der Waals surface area contributed by atoms with Crippen molar-refractivity contribution in [2.45, 2.75) is 38.2 Å². The minimum absolute atomic E-state index is 0.0575. The highest BCUT2D eigenvalue weighted by Gasteiger charge is 2.60. The maximum absolute atomic E-state index is 13.5. The number of ether oxygens (including phenoxy) is 1. The number of rotatable bonds is 6. The summed E-state index contributed by atoms with van der Waals surface area (Å²) in [6.45, 7) is 6.28. The van der Waals surface area contributed by atoms with Crippen molar-refractivity contribution in [1.82, 2.24) is 14.5 Å². The minimum Gasteiger partial charge on any atom is -0.361 e. The number of hydrogen-bond acceptors (Lipinski definition) is 5. The topological polar surface area (TPSA) is 96.0 Å². The number of carbonyl (C=O) groups is 2. The molecule has 2 aliphatic heterocycles. The molecule has 2 atom stereocenters. The number of benzene rings is 1. The number of hydrogen-bond donors (Lipinski definition) is 1. The molecule has 0 radical (unpaired) electrons. The third-order valence-electron chi connectivity index (χ3n) is 5.66. The average molecular weight is 424 g/mol. The summed E-state index contributed by atoms with van der Waals surface area (Å²) >= 11 is 0. The molecule has 0 bridgehead atoms. The van der Waals surface area contributed by atoms with E-state index in [4.69, 9.17) is 4.74 Å². The molecule has 3 rings (SSSR count). The van der Waals surface area contributed by atoms with Gasteiger partial charge in [-0.1, -0.05) is 30.3 Å². The largest absolute Gasteiger partial charge is 0.361 e. The van der Waals surface area contributed by atoms with Crippen LogP contribution in [0.1, 0.15) is 26.3 Å². The Balaban J connectivity index is 1.92. The lowest BCUT2D eigenvalue weighted by Gasteiger charge is -2.37. The first-order chi connectivity index (χ1) is 13.7. The third-order valence-corrected chi connectivity index (χ3v) is 7.84. The van der Waals surface area contributed by atoms with Gasteiger partial charge >= 0.3 is 0 Å². The van der Waals surface area contributed by atoms with Crippen molar-refractivity contribution in [3.05, 3.63) is 35.9 Å². The predicted octanol–water partition coefficient (Wildman–Crippen LogP) is 0.590. The summed E-state index contributed by atoms with van der Waals surface area (Å²) in [5.74, 6) is -1.57. The van der Waals surface area contributed by atoms with Gasteiger partial charge in [-0.05, 0) is 26.3 Å². The summed E-state index contributed by atoms with van der Waals surface area (Å²) in [5, 5.41) is 2.10. The van der Waals surface area contributed by atoms with Crippen LogP contribution in [0.3, 0.4) is 0 Å². The molecule has 2 saturated heterocycles. The van der Waals surface area contributed by atoms with E-state index in [1.54, 1.807) is 18.7 Å². The molecule has 2 heterocycles. The Morgan fingerprint density at radius 2 is 2.03 bits per heavy atom. The van der Waals surface area contributed by atoms with E-state index in [1.165, 1.54) is 4.31 Å². The Morgan fingerprint density at radius 3 is 2.62 bits per heavy atom. The molecular formula is C20H29N3O5S. The molecule has 2 amide bonds. The molecule has 8 nitrogen and oxygen atoms in total. The molecular weight excluding hydrogens is 394 g/mol. The monoisotopic (exact) mass is 423 g/mol. The quantitative estimate of drug-likeness (QED) is 0.723. The van der Waals surface area contributed by atoms with E-state index < -0.39 is 32.7 Å². The molecule has 1 N–H and O–H groups in total. The summed E-state index contributed by atoms with van der Waals surface area (Å²) in [7, 11) is -3.63. The molecule has 0 aromatic heterocycles. The summed E-state index contributed by atoms with van der Waals surface area (Å²) < 4.78 is 32.6. The summed E-state index contributed by atoms with van der Waals surface area (Å²) in [4.78, 5) is 28.0. The fraction of sp³-hybridized carbons (Fsp3) is 0.600. The van der Waals surface area contributed by atoms with E-state index in [0.29, 0.717) is 19.6 Å². The third kappa shape index (κ3) is 4.04. The van der Waals surface area contributed by atoms with Crippen LogP contribution in [0.15, 0.2) is 30.3 Å². The smallest absolute Gasteiger partial charge is 0.254 e. The highest BCUT2D eigenvalue weighted by molar-refractivity contribution is 7.89. The van der Waals surface area contributed by atoms with Crippen molar-refractivity contribution in [1.29, 1.82) is 0 Å². The SMILES string of the molecule is CCN(Cc1ccccc1)C(=O)[C@H]1CN(S(=O)(=O)C(C)C)C[C@@]12OCCNC2=O. The molecule has 1 aromatic rings. The number of nitrogens with one attached hydrogen (secondary N) is 1. The lowest BCUT2D eigenvalue weighted by Crippen LogP contribution is -2.62. The normalized spacial score (nSPS) is 25.4. The van der Waals surface area contributed by atoms with Crippen LogP contribution in [0.5, 0.6) is 0 Å². The Kier molecular flexibility index (Phi) is 6.30. The van der Waals surface area contributed by atoms with Crippen LogP contribution in [-0.2, 0) is 30.9 Å². The van der Waals surface area contributed by atoms with Crippen molar-refractivity contribution in [2.75, 3.05) is 32.8 Å². The number of carbonyl (C=O) groups excluding carboxylic acids is 2. The van der Waals surface area contributed by atoms with Gasteiger partial charge in [0.15, 0.2) is 5.60 Å². The van der Waals surface area contributed by atoms with Gasteiger partial charge in [0.05, 0.1) is 24.3 Å². The van der Waals surface area contributed by atoms with E-state index in [-0.39, 0.29) is 25.6 Å². The number of amides is 2. The van der Waals surface area contributed by atoms with Crippen molar-refractivity contribution in [3.8, 4) is 0 Å². The van der Waals surface area contributed by atoms with Crippen LogP contribution >= 0.6 is 0 Å². The highest BCUT2D eigenvalue weighted by atomic mass is 32.2. The zero-order valence-corrected chi connectivity index (χ0v) is 17.9. The van der Waals surface area contributed by atoms with Crippen LogP contribution in [0.25, 0.3) is 0 Å². The lowest BCUT2D eigenvalue weighted by atomic mass is 9.87. The average Bonchev–Trinajstić information content (AvgIpc) is 3.09. The molecule has 9 heteroatoms. The van der Waals surface area contributed by atoms with Gasteiger partial charge in [0.1, 0.15) is 0 Å². The second kappa shape index (κ2) is 8.41. The van der Waals surface area contributed by atoms with E-state index >= 15 is 0 Å². The zero-order chi connectivity index (χ0) is 21.2. The maximum atomic E-state index is 13.5. The molecule has 1 aromatic carbocycles. The van der Waals surface area contributed by atoms with Gasteiger partial charge in [-0.3, -0.25) is 9.59 Å². The fourth-order valence-corrected chi connectivity index (χ4v) is 5.24. The molecule has 0 saturated carbocycles. The highest BCUT2D eigenvalue weighted by Crippen LogP contribution is 2.37. The minimum atomic E-state index is -3.63. The zero-order valence-electron chi connectivity index (χ0n) is 17.1. The van der Waals surface area contributed by atoms with Crippen LogP contribution < -0.4 is 5.32 Å². The van der Waals surface area contributed by atoms with Crippen LogP contribution in [-0.4, -0.2) is 73.1 Å². The first-order valence-electron chi connectivity index (χ1n) is 9.96. The van der Waals surface area contributed by atoms with E-state index in [2.05, 4.69) is 5.32 Å². The molecule has 1 spiro atoms. The van der Waals surface area contributed by atoms with Gasteiger partial charge in [0.2, 0.25) is 15.9 Å². The Hall–Kier alpha value is -1.97. The predicted molar refractivity (Wildman–Crippen MR) is 108 cm³/mol. The molecule has 0 aliphatic carbocycles. The van der Waals surface area contributed by atoms with Gasteiger partial charge in [-0.25, -0.2) is 8.42 Å². The van der Waals surface area contributed by atoms with Crippen molar-refractivity contribution in [2.24, 2.45) is 5.92 Å². The van der Waals surface area contributed by atoms with Gasteiger partial charge in [0.25, 0.3) is 5.91 Å². The second-order valence-electron chi connectivity index (χ2n) is 7.77. The van der Waals surface area contributed by atoms with Crippen molar-refractivity contribution < 1.29 is 22.7 Å². The Bertz CT molecular complexity index is 858. The maximum Gasteiger partial charge on any atom is 0.254 e. The molecule has 160 valence electrons. The standard InChI is InChI=1S/C20H29N3O5S/c1-4-22(12-16-8-6-5-7-9-16)18(24)17-13-23(29(26,27)15(2)3)14-20(17)19(25)21-10-11-28-20/h5-9,15,17H,4,10-14H2,1-3H3,(H,21,25)/t17-,20-/m1/s1. The van der Waals surface area contributed by atoms with Gasteiger partial charge in [0, 0.05) is 26.2 Å². The van der Waals surface area contributed by atoms with E-state index in [0.717, 1.165) is 5.56 Å². The second-order valence-corrected chi connectivity index (χ2v) is 10.3. The molecule has 2 aliphatic rings. The van der Waals surface area contributed by atoms with Crippen molar-refractivity contribution in [3.63, 3.8) is 0 Å². The number of nitrogens with zero attached hydrogens (tertiary/aromatic N) is 2. The molecule has 2 fully saturated rings. The van der Waals surface area contributed by atoms with Crippen LogP contribution in [0.2, 0.25) is 0 Å². The first-order valence-corrected chi connectivity index (χ1v) is 11.5. The van der Waals surface area contributed by atoms with Gasteiger partial charge < -0.3 is 15.0 Å².